The zero-order valence-electron chi connectivity index (χ0n) is 22.0. The van der Waals surface area contributed by atoms with Gasteiger partial charge in [-0.15, -0.1) is 0 Å². The Morgan fingerprint density at radius 3 is 2.00 bits per heavy atom. The van der Waals surface area contributed by atoms with Gasteiger partial charge in [0, 0.05) is 18.6 Å². The van der Waals surface area contributed by atoms with E-state index < -0.39 is 48.6 Å². The van der Waals surface area contributed by atoms with Crippen LogP contribution in [0, 0.1) is 11.3 Å². The van der Waals surface area contributed by atoms with E-state index in [1.54, 1.807) is 24.3 Å². The molecule has 1 aliphatic carbocycles. The van der Waals surface area contributed by atoms with Gasteiger partial charge < -0.3 is 48.8 Å². The Bertz CT molecular complexity index is 1240. The van der Waals surface area contributed by atoms with Crippen molar-refractivity contribution in [2.45, 2.75) is 18.3 Å². The molecule has 2 aliphatic rings. The highest BCUT2D eigenvalue weighted by atomic mass is 16.6. The van der Waals surface area contributed by atoms with Gasteiger partial charge in [0.1, 0.15) is 18.0 Å². The fourth-order valence-corrected chi connectivity index (χ4v) is 5.22. The van der Waals surface area contributed by atoms with Crippen molar-refractivity contribution in [3.8, 4) is 28.7 Å². The number of aliphatic hydroxyl groups excluding tert-OH is 2. The van der Waals surface area contributed by atoms with Crippen molar-refractivity contribution in [2.24, 2.45) is 11.3 Å². The first-order valence-electron chi connectivity index (χ1n) is 12.1. The first-order valence-corrected chi connectivity index (χ1v) is 12.1. The number of Topliss-reactive ketones (excluding diaryl/α,β-unsaturated/α-hetero) is 1. The standard InChI is InChI=1S/C28H32O11/c1-34-20-9-15(5-7-18(20)31)26-17(13-29)28(11-22(36-3)25(33)23(12-28)37-4)27(39-26)24(14-30)38-16-6-8-19(32)21(10-16)35-2/h5-12,17,24,26-27,29-32H,13-14H2,1-4H3. The van der Waals surface area contributed by atoms with Crippen molar-refractivity contribution >= 4 is 5.78 Å². The van der Waals surface area contributed by atoms with E-state index in [4.69, 9.17) is 28.4 Å². The Morgan fingerprint density at radius 2 is 1.46 bits per heavy atom. The van der Waals surface area contributed by atoms with Gasteiger partial charge in [-0.3, -0.25) is 4.79 Å². The number of hydrogen-bond acceptors (Lipinski definition) is 11. The smallest absolute Gasteiger partial charge is 0.261 e. The molecule has 4 unspecified atom stereocenters. The highest BCUT2D eigenvalue weighted by molar-refractivity contribution is 6.06. The molecule has 11 heteroatoms. The highest BCUT2D eigenvalue weighted by Gasteiger charge is 2.59. The monoisotopic (exact) mass is 544 g/mol. The molecule has 11 nitrogen and oxygen atoms in total. The summed E-state index contributed by atoms with van der Waals surface area (Å²) in [7, 11) is 5.50. The van der Waals surface area contributed by atoms with Crippen molar-refractivity contribution in [2.75, 3.05) is 41.7 Å². The number of hydrogen-bond donors (Lipinski definition) is 4. The fourth-order valence-electron chi connectivity index (χ4n) is 5.22. The molecule has 0 amide bonds. The Kier molecular flexibility index (Phi) is 8.24. The van der Waals surface area contributed by atoms with Gasteiger partial charge in [-0.1, -0.05) is 6.07 Å². The lowest BCUT2D eigenvalue weighted by molar-refractivity contribution is -0.118. The van der Waals surface area contributed by atoms with Crippen LogP contribution in [0.5, 0.6) is 28.7 Å². The molecule has 4 atom stereocenters. The van der Waals surface area contributed by atoms with Gasteiger partial charge in [-0.2, -0.15) is 0 Å². The molecule has 0 bridgehead atoms. The third kappa shape index (κ3) is 4.96. The molecule has 0 radical (unpaired) electrons. The average molecular weight is 545 g/mol. The summed E-state index contributed by atoms with van der Waals surface area (Å²) < 4.78 is 33.9. The number of ether oxygens (including phenoxy) is 6. The minimum absolute atomic E-state index is 0.0201. The van der Waals surface area contributed by atoms with Crippen molar-refractivity contribution in [1.82, 2.24) is 0 Å². The largest absolute Gasteiger partial charge is 0.504 e. The lowest BCUT2D eigenvalue weighted by Crippen LogP contribution is -2.48. The summed E-state index contributed by atoms with van der Waals surface area (Å²) in [6.45, 7) is -0.912. The summed E-state index contributed by atoms with van der Waals surface area (Å²) in [6.07, 6.45) is 0.315. The molecule has 1 saturated heterocycles. The SMILES string of the molecule is COC1=CC2(C=C(OC)C1=O)C(CO)C(c1ccc(O)c(OC)c1)OC2C(CO)Oc1ccc(O)c(OC)c1. The number of methoxy groups -OCH3 is 4. The van der Waals surface area contributed by atoms with Crippen LogP contribution in [-0.4, -0.2) is 80.1 Å². The van der Waals surface area contributed by atoms with Gasteiger partial charge in [0.05, 0.1) is 46.6 Å². The first kappa shape index (κ1) is 28.1. The first-order chi connectivity index (χ1) is 18.8. The van der Waals surface area contributed by atoms with Crippen LogP contribution < -0.4 is 14.2 Å². The molecule has 1 fully saturated rings. The van der Waals surface area contributed by atoms with Gasteiger partial charge in [0.2, 0.25) is 0 Å². The van der Waals surface area contributed by atoms with Crippen molar-refractivity contribution in [3.63, 3.8) is 0 Å². The lowest BCUT2D eigenvalue weighted by Gasteiger charge is -2.38. The van der Waals surface area contributed by atoms with E-state index in [0.29, 0.717) is 5.56 Å². The van der Waals surface area contributed by atoms with E-state index in [1.807, 2.05) is 0 Å². The molecular weight excluding hydrogens is 512 g/mol. The van der Waals surface area contributed by atoms with E-state index in [1.165, 1.54) is 52.7 Å². The minimum Gasteiger partial charge on any atom is -0.504 e. The van der Waals surface area contributed by atoms with Crippen LogP contribution in [0.2, 0.25) is 0 Å². The van der Waals surface area contributed by atoms with Crippen LogP contribution in [0.25, 0.3) is 0 Å². The van der Waals surface area contributed by atoms with Gasteiger partial charge >= 0.3 is 0 Å². The molecule has 210 valence electrons. The van der Waals surface area contributed by atoms with Crippen LogP contribution in [0.4, 0.5) is 0 Å². The van der Waals surface area contributed by atoms with Gasteiger partial charge in [0.15, 0.2) is 34.5 Å². The molecule has 1 heterocycles. The number of carbonyl (C=O) groups excluding carboxylic acids is 1. The number of carbonyl (C=O) groups is 1. The summed E-state index contributed by atoms with van der Waals surface area (Å²) in [6, 6.07) is 9.03. The summed E-state index contributed by atoms with van der Waals surface area (Å²) in [5.41, 5.74) is -0.672. The Morgan fingerprint density at radius 1 is 0.872 bits per heavy atom. The Balaban J connectivity index is 1.86. The van der Waals surface area contributed by atoms with Crippen molar-refractivity contribution < 1.29 is 53.6 Å². The van der Waals surface area contributed by atoms with Crippen LogP contribution in [0.1, 0.15) is 11.7 Å². The molecule has 39 heavy (non-hydrogen) atoms. The number of phenolic OH excluding ortho intramolecular Hbond substituents is 2. The number of rotatable bonds is 10. The lowest BCUT2D eigenvalue weighted by atomic mass is 9.66. The van der Waals surface area contributed by atoms with Gasteiger partial charge in [0.25, 0.3) is 5.78 Å². The maximum absolute atomic E-state index is 12.9. The van der Waals surface area contributed by atoms with Crippen LogP contribution >= 0.6 is 0 Å². The third-order valence-electron chi connectivity index (χ3n) is 7.13. The number of phenols is 2. The van der Waals surface area contributed by atoms with Gasteiger partial charge in [-0.05, 0) is 42.0 Å². The summed E-state index contributed by atoms with van der Waals surface area (Å²) in [4.78, 5) is 12.9. The van der Waals surface area contributed by atoms with Crippen LogP contribution in [-0.2, 0) is 19.0 Å². The molecule has 2 aromatic carbocycles. The molecule has 1 spiro atoms. The maximum atomic E-state index is 12.9. The third-order valence-corrected chi connectivity index (χ3v) is 7.13. The summed E-state index contributed by atoms with van der Waals surface area (Å²) in [5, 5.41) is 41.3. The fraction of sp³-hybridized carbons (Fsp3) is 0.393. The number of ketones is 1. The van der Waals surface area contributed by atoms with E-state index in [9.17, 15) is 25.2 Å². The summed E-state index contributed by atoms with van der Waals surface area (Å²) in [5.74, 6) is -0.760. The quantitative estimate of drug-likeness (QED) is 0.348. The number of aromatic hydroxyl groups is 2. The zero-order valence-corrected chi connectivity index (χ0v) is 22.0. The molecular formula is C28H32O11. The van der Waals surface area contributed by atoms with Crippen LogP contribution in [0.3, 0.4) is 0 Å². The summed E-state index contributed by atoms with van der Waals surface area (Å²) >= 11 is 0. The predicted molar refractivity (Wildman–Crippen MR) is 137 cm³/mol. The predicted octanol–water partition coefficient (Wildman–Crippen LogP) is 2.23. The van der Waals surface area contributed by atoms with E-state index in [0.717, 1.165) is 0 Å². The average Bonchev–Trinajstić information content (AvgIpc) is 3.26. The Labute approximate surface area is 225 Å². The second-order valence-electron chi connectivity index (χ2n) is 9.12. The second-order valence-corrected chi connectivity index (χ2v) is 9.12. The molecule has 0 saturated carbocycles. The minimum atomic E-state index is -1.25. The number of benzene rings is 2. The zero-order chi connectivity index (χ0) is 28.3. The maximum Gasteiger partial charge on any atom is 0.261 e. The van der Waals surface area contributed by atoms with E-state index >= 15 is 0 Å². The molecule has 2 aromatic rings. The normalized spacial score (nSPS) is 22.6. The Hall–Kier alpha value is -3.93. The molecule has 1 aliphatic heterocycles. The highest BCUT2D eigenvalue weighted by Crippen LogP contribution is 2.56. The number of aliphatic hydroxyl groups is 2. The van der Waals surface area contributed by atoms with Crippen molar-refractivity contribution in [3.05, 3.63) is 65.6 Å². The van der Waals surface area contributed by atoms with Crippen LogP contribution in [0.15, 0.2) is 60.1 Å². The topological polar surface area (TPSA) is 153 Å². The second kappa shape index (κ2) is 11.4. The molecule has 4 N–H and O–H groups in total. The van der Waals surface area contributed by atoms with Crippen molar-refractivity contribution in [1.29, 1.82) is 0 Å². The van der Waals surface area contributed by atoms with E-state index in [2.05, 4.69) is 0 Å². The van der Waals surface area contributed by atoms with E-state index in [-0.39, 0.29) is 40.3 Å². The van der Waals surface area contributed by atoms with Gasteiger partial charge in [-0.25, -0.2) is 0 Å². The molecule has 0 aromatic heterocycles. The molecule has 4 rings (SSSR count).